The summed E-state index contributed by atoms with van der Waals surface area (Å²) < 4.78 is 11.4. The van der Waals surface area contributed by atoms with Gasteiger partial charge in [-0.1, -0.05) is 62.4 Å². The lowest BCUT2D eigenvalue weighted by molar-refractivity contribution is 0.0212. The van der Waals surface area contributed by atoms with Crippen molar-refractivity contribution >= 4 is 34.2 Å². The Labute approximate surface area is 307 Å². The van der Waals surface area contributed by atoms with E-state index in [2.05, 4.69) is 79.5 Å². The number of hydrogen-bond donors (Lipinski definition) is 1. The van der Waals surface area contributed by atoms with E-state index in [-0.39, 0.29) is 24.3 Å². The minimum Gasteiger partial charge on any atom is -0.444 e. The van der Waals surface area contributed by atoms with Gasteiger partial charge < -0.3 is 14.5 Å². The summed E-state index contributed by atoms with van der Waals surface area (Å²) in [7, 11) is 0. The molecule has 0 radical (unpaired) electrons. The number of imidazole rings is 1. The quantitative estimate of drug-likeness (QED) is 0.223. The number of aromatic amines is 1. The molecule has 2 saturated heterocycles. The Hall–Kier alpha value is -4.92. The average molecular weight is 702 g/mol. The minimum absolute atomic E-state index is 0.0306. The molecule has 0 unspecified atom stereocenters. The summed E-state index contributed by atoms with van der Waals surface area (Å²) >= 11 is 0. The Kier molecular flexibility index (Phi) is 9.26. The van der Waals surface area contributed by atoms with E-state index in [0.717, 1.165) is 69.5 Å². The van der Waals surface area contributed by atoms with Gasteiger partial charge in [0, 0.05) is 37.0 Å². The average Bonchev–Trinajstić information content (AvgIpc) is 3.89. The lowest BCUT2D eigenvalue weighted by atomic mass is 9.95. The van der Waals surface area contributed by atoms with E-state index in [1.54, 1.807) is 4.90 Å². The Morgan fingerprint density at radius 2 is 1.23 bits per heavy atom. The summed E-state index contributed by atoms with van der Waals surface area (Å²) in [5, 5.41) is 2.30. The first-order valence-corrected chi connectivity index (χ1v) is 18.5. The molecule has 0 spiro atoms. The van der Waals surface area contributed by atoms with Crippen molar-refractivity contribution in [1.82, 2.24) is 19.8 Å². The number of carbonyl (C=O) groups is 2. The van der Waals surface area contributed by atoms with Gasteiger partial charge in [0.05, 0.1) is 24.0 Å². The molecule has 52 heavy (non-hydrogen) atoms. The number of fused-ring (bicyclic) bond motifs is 1. The number of allylic oxidation sites excluding steroid dienone is 1. The van der Waals surface area contributed by atoms with Crippen molar-refractivity contribution in [3.8, 4) is 22.4 Å². The fourth-order valence-electron chi connectivity index (χ4n) is 7.66. The van der Waals surface area contributed by atoms with Gasteiger partial charge in [-0.05, 0) is 111 Å². The Balaban J connectivity index is 1.02. The van der Waals surface area contributed by atoms with Crippen molar-refractivity contribution in [2.45, 2.75) is 97.9 Å². The highest BCUT2D eigenvalue weighted by Gasteiger charge is 2.40. The molecule has 7 rings (SSSR count). The number of rotatable bonds is 5. The molecule has 272 valence electrons. The van der Waals surface area contributed by atoms with Gasteiger partial charge in [0.25, 0.3) is 0 Å². The molecule has 0 bridgehead atoms. The van der Waals surface area contributed by atoms with Crippen LogP contribution in [0.3, 0.4) is 0 Å². The second kappa shape index (κ2) is 13.6. The predicted molar refractivity (Wildman–Crippen MR) is 207 cm³/mol. The van der Waals surface area contributed by atoms with Crippen molar-refractivity contribution in [1.29, 1.82) is 0 Å². The first kappa shape index (κ1) is 35.5. The number of H-pyrrole nitrogens is 1. The third kappa shape index (κ3) is 7.64. The number of ether oxygens (including phenoxy) is 2. The zero-order chi connectivity index (χ0) is 36.9. The fourth-order valence-corrected chi connectivity index (χ4v) is 7.66. The Morgan fingerprint density at radius 3 is 1.85 bits per heavy atom. The topological polar surface area (TPSA) is 100 Å². The lowest BCUT2D eigenvalue weighted by Crippen LogP contribution is -2.43. The molecule has 3 aliphatic heterocycles. The number of likely N-dealkylation sites (tertiary alicyclic amines) is 2. The summed E-state index contributed by atoms with van der Waals surface area (Å²) in [5.41, 5.74) is 6.53. The van der Waals surface area contributed by atoms with Crippen LogP contribution in [-0.4, -0.2) is 68.0 Å². The molecular weight excluding hydrogens is 651 g/mol. The van der Waals surface area contributed by atoms with Gasteiger partial charge in [-0.3, -0.25) is 14.8 Å². The number of carbonyl (C=O) groups excluding carboxylic acids is 2. The highest BCUT2D eigenvalue weighted by Crippen LogP contribution is 2.37. The standard InChI is InChI=1S/C43H51N5O4/c1-26-17-37(47(24-26)40(49)51-42(3,4)5)35-21-34(22-44-35)29-11-9-28(10-12-29)30-13-14-32-20-33(16-15-31(32)19-30)36-23-45-39(46-36)38-18-27(2)25-48(38)41(50)52-43(6,7)8/h9-16,19-20,22-23,26-27,37-38H,17-18,21,24-25H2,1-8H3,(H,45,46)/t26-,27-,37+,38+/m1/s1. The van der Waals surface area contributed by atoms with Gasteiger partial charge in [-0.2, -0.15) is 0 Å². The van der Waals surface area contributed by atoms with E-state index in [0.29, 0.717) is 24.9 Å². The number of nitrogens with one attached hydrogen (secondary N) is 1. The van der Waals surface area contributed by atoms with Gasteiger partial charge >= 0.3 is 12.2 Å². The molecule has 9 nitrogen and oxygen atoms in total. The van der Waals surface area contributed by atoms with Crippen molar-refractivity contribution < 1.29 is 19.1 Å². The van der Waals surface area contributed by atoms with E-state index < -0.39 is 11.2 Å². The van der Waals surface area contributed by atoms with Gasteiger partial charge in [0.15, 0.2) is 0 Å². The monoisotopic (exact) mass is 701 g/mol. The van der Waals surface area contributed by atoms with Gasteiger partial charge in [0.2, 0.25) is 0 Å². The number of aromatic nitrogens is 2. The highest BCUT2D eigenvalue weighted by atomic mass is 16.6. The van der Waals surface area contributed by atoms with Crippen molar-refractivity contribution in [3.05, 3.63) is 84.4 Å². The molecule has 4 aromatic rings. The van der Waals surface area contributed by atoms with Crippen LogP contribution in [0.1, 0.15) is 92.1 Å². The van der Waals surface area contributed by atoms with Crippen LogP contribution in [0, 0.1) is 11.8 Å². The number of nitrogens with zero attached hydrogens (tertiary/aromatic N) is 4. The van der Waals surface area contributed by atoms with E-state index in [1.807, 2.05) is 58.8 Å². The fraction of sp³-hybridized carbons (Fsp3) is 0.442. The number of amides is 2. The van der Waals surface area contributed by atoms with Crippen LogP contribution < -0.4 is 0 Å². The molecule has 9 heteroatoms. The van der Waals surface area contributed by atoms with Crippen LogP contribution in [-0.2, 0) is 9.47 Å². The van der Waals surface area contributed by atoms with Gasteiger partial charge in [-0.25, -0.2) is 14.6 Å². The van der Waals surface area contributed by atoms with E-state index >= 15 is 0 Å². The van der Waals surface area contributed by atoms with Crippen LogP contribution in [0.25, 0.3) is 38.7 Å². The predicted octanol–water partition coefficient (Wildman–Crippen LogP) is 10.0. The summed E-state index contributed by atoms with van der Waals surface area (Å²) in [5.74, 6) is 1.55. The lowest BCUT2D eigenvalue weighted by Gasteiger charge is -2.28. The summed E-state index contributed by atoms with van der Waals surface area (Å²) in [4.78, 5) is 42.7. The molecule has 3 aromatic carbocycles. The Morgan fingerprint density at radius 1 is 0.712 bits per heavy atom. The van der Waals surface area contributed by atoms with Crippen LogP contribution in [0.15, 0.2) is 78.1 Å². The molecule has 2 fully saturated rings. The van der Waals surface area contributed by atoms with Crippen molar-refractivity contribution in [2.75, 3.05) is 13.1 Å². The maximum atomic E-state index is 13.0. The maximum Gasteiger partial charge on any atom is 0.410 e. The Bertz CT molecular complexity index is 2050. The first-order valence-electron chi connectivity index (χ1n) is 18.5. The first-order chi connectivity index (χ1) is 24.6. The third-order valence-electron chi connectivity index (χ3n) is 10.1. The van der Waals surface area contributed by atoms with Crippen LogP contribution in [0.2, 0.25) is 0 Å². The largest absolute Gasteiger partial charge is 0.444 e. The smallest absolute Gasteiger partial charge is 0.410 e. The van der Waals surface area contributed by atoms with Crippen molar-refractivity contribution in [3.63, 3.8) is 0 Å². The molecule has 2 amide bonds. The number of aliphatic imine (C=N–C) groups is 1. The molecule has 4 heterocycles. The van der Waals surface area contributed by atoms with E-state index in [4.69, 9.17) is 19.5 Å². The number of hydrogen-bond acceptors (Lipinski definition) is 6. The molecule has 0 saturated carbocycles. The van der Waals surface area contributed by atoms with Crippen molar-refractivity contribution in [2.24, 2.45) is 16.8 Å². The van der Waals surface area contributed by atoms with Crippen LogP contribution in [0.4, 0.5) is 9.59 Å². The minimum atomic E-state index is -0.549. The van der Waals surface area contributed by atoms with E-state index in [1.165, 1.54) is 5.57 Å². The molecule has 0 aliphatic carbocycles. The highest BCUT2D eigenvalue weighted by molar-refractivity contribution is 6.03. The molecule has 4 atom stereocenters. The van der Waals surface area contributed by atoms with Gasteiger partial charge in [-0.15, -0.1) is 0 Å². The maximum absolute atomic E-state index is 13.0. The third-order valence-corrected chi connectivity index (χ3v) is 10.1. The second-order valence-corrected chi connectivity index (χ2v) is 17.0. The molecule has 1 N–H and O–H groups in total. The molecular formula is C43H51N5O4. The molecule has 1 aromatic heterocycles. The zero-order valence-electron chi connectivity index (χ0n) is 31.7. The molecule has 3 aliphatic rings. The second-order valence-electron chi connectivity index (χ2n) is 17.0. The van der Waals surface area contributed by atoms with Crippen LogP contribution >= 0.6 is 0 Å². The number of benzene rings is 3. The normalized spacial score (nSPS) is 22.2. The zero-order valence-corrected chi connectivity index (χ0v) is 31.7. The summed E-state index contributed by atoms with van der Waals surface area (Å²) in [6.45, 7) is 17.1. The van der Waals surface area contributed by atoms with E-state index in [9.17, 15) is 9.59 Å². The van der Waals surface area contributed by atoms with Gasteiger partial charge in [0.1, 0.15) is 17.0 Å². The summed E-state index contributed by atoms with van der Waals surface area (Å²) in [6.07, 6.45) is 5.74. The SMILES string of the molecule is C[C@@H]1C[C@@H](C2=NC=C(c3ccc(-c4ccc5cc(-c6cnc([C@@H]7C[C@@H](C)CN7C(=O)OC(C)(C)C)[nH]6)ccc5c4)cc3)C2)N(C(=O)OC(C)(C)C)C1. The summed E-state index contributed by atoms with van der Waals surface area (Å²) in [6, 6.07) is 21.5. The van der Waals surface area contributed by atoms with Crippen LogP contribution in [0.5, 0.6) is 0 Å².